The van der Waals surface area contributed by atoms with Crippen LogP contribution in [0.1, 0.15) is 49.0 Å². The third kappa shape index (κ3) is 3.72. The highest BCUT2D eigenvalue weighted by atomic mass is 32.2. The van der Waals surface area contributed by atoms with Gasteiger partial charge in [0.25, 0.3) is 0 Å². The summed E-state index contributed by atoms with van der Waals surface area (Å²) in [4.78, 5) is 12.2. The lowest BCUT2D eigenvalue weighted by Gasteiger charge is -2.22. The van der Waals surface area contributed by atoms with E-state index in [4.69, 9.17) is 4.74 Å². The fourth-order valence-corrected chi connectivity index (χ4v) is 3.98. The molecule has 0 bridgehead atoms. The molecule has 6 nitrogen and oxygen atoms in total. The number of benzene rings is 1. The highest BCUT2D eigenvalue weighted by molar-refractivity contribution is 8.00. The number of aromatic nitrogens is 4. The number of ether oxygens (including phenoxy) is 1. The number of hydrogen-bond donors (Lipinski definition) is 0. The molecule has 0 spiro atoms. The molecule has 7 heteroatoms. The van der Waals surface area contributed by atoms with Crippen LogP contribution in [0.3, 0.4) is 0 Å². The molecule has 1 fully saturated rings. The number of carbonyl (C=O) groups is 1. The Morgan fingerprint density at radius 3 is 2.70 bits per heavy atom. The Balaban J connectivity index is 1.83. The highest BCUT2D eigenvalue weighted by Crippen LogP contribution is 2.37. The van der Waals surface area contributed by atoms with Gasteiger partial charge in [-0.2, -0.15) is 0 Å². The summed E-state index contributed by atoms with van der Waals surface area (Å²) in [6.45, 7) is 0. The van der Waals surface area contributed by atoms with Crippen LogP contribution in [0.4, 0.5) is 0 Å². The van der Waals surface area contributed by atoms with Crippen molar-refractivity contribution in [2.75, 3.05) is 7.11 Å². The van der Waals surface area contributed by atoms with Crippen molar-refractivity contribution < 1.29 is 9.53 Å². The fraction of sp³-hybridized carbons (Fsp3) is 0.500. The van der Waals surface area contributed by atoms with Crippen molar-refractivity contribution in [3.05, 3.63) is 35.9 Å². The second-order valence-electron chi connectivity index (χ2n) is 5.63. The lowest BCUT2D eigenvalue weighted by Crippen LogP contribution is -2.17. The van der Waals surface area contributed by atoms with Crippen LogP contribution in [0.5, 0.6) is 0 Å². The summed E-state index contributed by atoms with van der Waals surface area (Å²) < 4.78 is 6.84. The summed E-state index contributed by atoms with van der Waals surface area (Å²) in [5, 5.41) is 12.3. The van der Waals surface area contributed by atoms with Gasteiger partial charge in [-0.1, -0.05) is 61.4 Å². The number of rotatable bonds is 5. The summed E-state index contributed by atoms with van der Waals surface area (Å²) in [7, 11) is 1.41. The van der Waals surface area contributed by atoms with E-state index >= 15 is 0 Å². The van der Waals surface area contributed by atoms with E-state index in [1.165, 1.54) is 38.1 Å². The molecule has 3 rings (SSSR count). The third-order valence-electron chi connectivity index (χ3n) is 4.12. The number of methoxy groups -OCH3 is 1. The molecule has 1 aliphatic rings. The first-order valence-corrected chi connectivity index (χ1v) is 8.75. The van der Waals surface area contributed by atoms with E-state index in [9.17, 15) is 4.79 Å². The number of hydrogen-bond acceptors (Lipinski definition) is 6. The van der Waals surface area contributed by atoms with Crippen LogP contribution >= 0.6 is 11.8 Å². The van der Waals surface area contributed by atoms with E-state index in [0.29, 0.717) is 11.2 Å². The molecule has 1 saturated carbocycles. The summed E-state index contributed by atoms with van der Waals surface area (Å²) >= 11 is 1.35. The van der Waals surface area contributed by atoms with Crippen molar-refractivity contribution in [2.24, 2.45) is 0 Å². The quantitative estimate of drug-likeness (QED) is 0.619. The lowest BCUT2D eigenvalue weighted by atomic mass is 9.96. The molecule has 1 aliphatic carbocycles. The Morgan fingerprint density at radius 1 is 1.26 bits per heavy atom. The molecule has 122 valence electrons. The molecule has 1 aromatic carbocycles. The van der Waals surface area contributed by atoms with Crippen molar-refractivity contribution in [1.29, 1.82) is 0 Å². The molecule has 23 heavy (non-hydrogen) atoms. The molecule has 2 aromatic rings. The molecule has 0 radical (unpaired) electrons. The predicted octanol–water partition coefficient (Wildman–Crippen LogP) is 3.18. The number of esters is 1. The SMILES string of the molecule is COC(=O)C(Sc1nnnn1C1CCCCC1)c1ccccc1. The van der Waals surface area contributed by atoms with E-state index in [-0.39, 0.29) is 5.97 Å². The van der Waals surface area contributed by atoms with Crippen LogP contribution in [-0.4, -0.2) is 33.3 Å². The van der Waals surface area contributed by atoms with Crippen LogP contribution in [0.15, 0.2) is 35.5 Å². The molecule has 0 amide bonds. The molecule has 0 saturated heterocycles. The van der Waals surface area contributed by atoms with Crippen LogP contribution in [0.2, 0.25) is 0 Å². The van der Waals surface area contributed by atoms with E-state index < -0.39 is 5.25 Å². The monoisotopic (exact) mass is 332 g/mol. The van der Waals surface area contributed by atoms with Crippen molar-refractivity contribution in [3.8, 4) is 0 Å². The first-order chi connectivity index (χ1) is 11.3. The molecular formula is C16H20N4O2S. The van der Waals surface area contributed by atoms with Gasteiger partial charge < -0.3 is 4.74 Å². The first kappa shape index (κ1) is 16.0. The van der Waals surface area contributed by atoms with E-state index in [0.717, 1.165) is 18.4 Å². The molecule has 1 heterocycles. The van der Waals surface area contributed by atoms with Gasteiger partial charge in [0.2, 0.25) is 5.16 Å². The number of tetrazole rings is 1. The van der Waals surface area contributed by atoms with E-state index in [1.807, 2.05) is 35.0 Å². The maximum Gasteiger partial charge on any atom is 0.323 e. The van der Waals surface area contributed by atoms with Gasteiger partial charge >= 0.3 is 5.97 Å². The summed E-state index contributed by atoms with van der Waals surface area (Å²) in [6, 6.07) is 9.92. The minimum absolute atomic E-state index is 0.292. The smallest absolute Gasteiger partial charge is 0.323 e. The molecule has 1 atom stereocenters. The Bertz CT molecular complexity index is 641. The minimum atomic E-state index is -0.463. The zero-order chi connectivity index (χ0) is 16.1. The Morgan fingerprint density at radius 2 is 2.00 bits per heavy atom. The van der Waals surface area contributed by atoms with Crippen molar-refractivity contribution in [2.45, 2.75) is 48.6 Å². The lowest BCUT2D eigenvalue weighted by molar-refractivity contribution is -0.140. The maximum absolute atomic E-state index is 12.2. The largest absolute Gasteiger partial charge is 0.468 e. The summed E-state index contributed by atoms with van der Waals surface area (Å²) in [5.41, 5.74) is 0.891. The molecule has 1 aromatic heterocycles. The number of carbonyl (C=O) groups excluding carboxylic acids is 1. The van der Waals surface area contributed by atoms with Gasteiger partial charge in [0.15, 0.2) is 0 Å². The average Bonchev–Trinajstić information content (AvgIpc) is 3.09. The van der Waals surface area contributed by atoms with E-state index in [1.54, 1.807) is 0 Å². The highest BCUT2D eigenvalue weighted by Gasteiger charge is 2.28. The summed E-state index contributed by atoms with van der Waals surface area (Å²) in [5.74, 6) is -0.292. The minimum Gasteiger partial charge on any atom is -0.468 e. The Kier molecular flexibility index (Phi) is 5.27. The molecule has 1 unspecified atom stereocenters. The molecule has 0 aliphatic heterocycles. The average molecular weight is 332 g/mol. The van der Waals surface area contributed by atoms with Gasteiger partial charge in [0.05, 0.1) is 13.2 Å². The zero-order valence-corrected chi connectivity index (χ0v) is 13.9. The van der Waals surface area contributed by atoms with E-state index in [2.05, 4.69) is 15.5 Å². The van der Waals surface area contributed by atoms with Crippen molar-refractivity contribution in [3.63, 3.8) is 0 Å². The van der Waals surface area contributed by atoms with Gasteiger partial charge in [-0.3, -0.25) is 4.79 Å². The van der Waals surface area contributed by atoms with Gasteiger partial charge in [-0.15, -0.1) is 5.10 Å². The van der Waals surface area contributed by atoms with Crippen molar-refractivity contribution in [1.82, 2.24) is 20.2 Å². The normalized spacial score (nSPS) is 16.9. The van der Waals surface area contributed by atoms with Gasteiger partial charge in [0, 0.05) is 0 Å². The van der Waals surface area contributed by atoms with Gasteiger partial charge in [-0.05, 0) is 28.8 Å². The standard InChI is InChI=1S/C16H20N4O2S/c1-22-15(21)14(12-8-4-2-5-9-12)23-16-17-18-19-20(16)13-10-6-3-7-11-13/h2,4-5,8-9,13-14H,3,6-7,10-11H2,1H3. The fourth-order valence-electron chi connectivity index (χ4n) is 2.91. The number of thioether (sulfide) groups is 1. The third-order valence-corrected chi connectivity index (χ3v) is 5.30. The second kappa shape index (κ2) is 7.59. The maximum atomic E-state index is 12.2. The van der Waals surface area contributed by atoms with Gasteiger partial charge in [-0.25, -0.2) is 4.68 Å². The van der Waals surface area contributed by atoms with Crippen molar-refractivity contribution >= 4 is 17.7 Å². The predicted molar refractivity (Wildman–Crippen MR) is 87.0 cm³/mol. The zero-order valence-electron chi connectivity index (χ0n) is 13.1. The second-order valence-corrected chi connectivity index (χ2v) is 6.70. The molecule has 0 N–H and O–H groups in total. The summed E-state index contributed by atoms with van der Waals surface area (Å²) in [6.07, 6.45) is 5.86. The topological polar surface area (TPSA) is 69.9 Å². The van der Waals surface area contributed by atoms with Crippen LogP contribution in [0, 0.1) is 0 Å². The van der Waals surface area contributed by atoms with Crippen LogP contribution in [0.25, 0.3) is 0 Å². The van der Waals surface area contributed by atoms with Crippen LogP contribution < -0.4 is 0 Å². The van der Waals surface area contributed by atoms with Crippen LogP contribution in [-0.2, 0) is 9.53 Å². The number of nitrogens with zero attached hydrogens (tertiary/aromatic N) is 4. The van der Waals surface area contributed by atoms with Gasteiger partial charge in [0.1, 0.15) is 5.25 Å². The molecular weight excluding hydrogens is 312 g/mol. The Hall–Kier alpha value is -1.89. The Labute approximate surface area is 139 Å². The first-order valence-electron chi connectivity index (χ1n) is 7.87.